The van der Waals surface area contributed by atoms with Crippen LogP contribution in [0.3, 0.4) is 0 Å². The molecule has 1 aromatic heterocycles. The highest BCUT2D eigenvalue weighted by Gasteiger charge is 2.32. The Morgan fingerprint density at radius 3 is 2.58 bits per heavy atom. The summed E-state index contributed by atoms with van der Waals surface area (Å²) in [5.41, 5.74) is 6.05. The maximum Gasteiger partial charge on any atom is 0.222 e. The van der Waals surface area contributed by atoms with Gasteiger partial charge in [0, 0.05) is 6.04 Å². The fourth-order valence-corrected chi connectivity index (χ4v) is 1.10. The van der Waals surface area contributed by atoms with Crippen molar-refractivity contribution in [2.24, 2.45) is 5.92 Å². The van der Waals surface area contributed by atoms with Crippen LogP contribution in [0.1, 0.15) is 13.3 Å². The summed E-state index contributed by atoms with van der Waals surface area (Å²) in [4.78, 5) is 8.09. The van der Waals surface area contributed by atoms with Crippen molar-refractivity contribution in [3.8, 4) is 0 Å². The Hall–Kier alpha value is -1.32. The zero-order valence-corrected chi connectivity index (χ0v) is 6.99. The number of nitrogens with two attached hydrogens (primary N) is 1. The Morgan fingerprint density at radius 2 is 2.08 bits per heavy atom. The number of rotatable bonds is 2. The molecule has 64 valence electrons. The van der Waals surface area contributed by atoms with Gasteiger partial charge in [-0.2, -0.15) is 0 Å². The van der Waals surface area contributed by atoms with Crippen molar-refractivity contribution < 1.29 is 0 Å². The molecule has 4 heteroatoms. The first-order valence-electron chi connectivity index (χ1n) is 4.10. The van der Waals surface area contributed by atoms with Gasteiger partial charge in [-0.05, 0) is 12.3 Å². The Bertz CT molecular complexity index is 269. The molecule has 1 saturated carbocycles. The predicted molar refractivity (Wildman–Crippen MR) is 47.6 cm³/mol. The summed E-state index contributed by atoms with van der Waals surface area (Å²) in [6, 6.07) is 0.564. The molecule has 1 heterocycles. The van der Waals surface area contributed by atoms with Gasteiger partial charge < -0.3 is 11.1 Å². The van der Waals surface area contributed by atoms with Gasteiger partial charge in [0.05, 0.1) is 18.1 Å². The summed E-state index contributed by atoms with van der Waals surface area (Å²) in [6.07, 6.45) is 4.44. The monoisotopic (exact) mass is 164 g/mol. The van der Waals surface area contributed by atoms with Gasteiger partial charge in [0.15, 0.2) is 0 Å². The highest BCUT2D eigenvalue weighted by atomic mass is 15.1. The maximum absolute atomic E-state index is 5.45. The molecule has 0 radical (unpaired) electrons. The molecular weight excluding hydrogens is 152 g/mol. The summed E-state index contributed by atoms with van der Waals surface area (Å²) in [6.45, 7) is 2.20. The van der Waals surface area contributed by atoms with Gasteiger partial charge in [-0.25, -0.2) is 9.97 Å². The smallest absolute Gasteiger partial charge is 0.222 e. The van der Waals surface area contributed by atoms with Gasteiger partial charge in [-0.15, -0.1) is 0 Å². The van der Waals surface area contributed by atoms with Crippen LogP contribution in [0.2, 0.25) is 0 Å². The Balaban J connectivity index is 2.00. The molecule has 1 aliphatic carbocycles. The second kappa shape index (κ2) is 2.62. The summed E-state index contributed by atoms with van der Waals surface area (Å²) < 4.78 is 0. The van der Waals surface area contributed by atoms with E-state index in [0.29, 0.717) is 17.7 Å². The Labute approximate surface area is 71.2 Å². The van der Waals surface area contributed by atoms with Crippen LogP contribution in [0.5, 0.6) is 0 Å². The average molecular weight is 164 g/mol. The molecule has 1 aromatic rings. The summed E-state index contributed by atoms with van der Waals surface area (Å²) in [5, 5.41) is 3.22. The largest absolute Gasteiger partial charge is 0.396 e. The molecule has 2 unspecified atom stereocenters. The fourth-order valence-electron chi connectivity index (χ4n) is 1.10. The van der Waals surface area contributed by atoms with Crippen LogP contribution >= 0.6 is 0 Å². The molecule has 12 heavy (non-hydrogen) atoms. The van der Waals surface area contributed by atoms with Crippen LogP contribution in [-0.4, -0.2) is 16.0 Å². The molecule has 4 nitrogen and oxygen atoms in total. The lowest BCUT2D eigenvalue weighted by Crippen LogP contribution is -2.07. The molecule has 0 aliphatic heterocycles. The van der Waals surface area contributed by atoms with Crippen molar-refractivity contribution in [3.63, 3.8) is 0 Å². The predicted octanol–water partition coefficient (Wildman–Crippen LogP) is 0.879. The standard InChI is InChI=1S/C8H12N4/c1-5-2-7(5)12-8-10-3-6(9)4-11-8/h3-5,7H,2,9H2,1H3,(H,10,11,12). The highest BCUT2D eigenvalue weighted by Crippen LogP contribution is 2.31. The quantitative estimate of drug-likeness (QED) is 0.681. The molecule has 0 amide bonds. The third-order valence-electron chi connectivity index (χ3n) is 2.10. The van der Waals surface area contributed by atoms with Crippen molar-refractivity contribution in [1.29, 1.82) is 0 Å². The lowest BCUT2D eigenvalue weighted by molar-refractivity contribution is 0.914. The number of hydrogen-bond acceptors (Lipinski definition) is 4. The SMILES string of the molecule is CC1CC1Nc1ncc(N)cn1. The van der Waals surface area contributed by atoms with Gasteiger partial charge in [-0.1, -0.05) is 6.92 Å². The van der Waals surface area contributed by atoms with Crippen LogP contribution in [0.25, 0.3) is 0 Å². The molecule has 1 fully saturated rings. The van der Waals surface area contributed by atoms with Crippen LogP contribution in [-0.2, 0) is 0 Å². The second-order valence-corrected chi connectivity index (χ2v) is 3.30. The fraction of sp³-hybridized carbons (Fsp3) is 0.500. The zero-order chi connectivity index (χ0) is 8.55. The van der Waals surface area contributed by atoms with Crippen LogP contribution in [0, 0.1) is 5.92 Å². The zero-order valence-electron chi connectivity index (χ0n) is 6.99. The number of nitrogen functional groups attached to an aromatic ring is 1. The lowest BCUT2D eigenvalue weighted by Gasteiger charge is -2.01. The topological polar surface area (TPSA) is 63.8 Å². The van der Waals surface area contributed by atoms with E-state index in [4.69, 9.17) is 5.73 Å². The molecule has 2 atom stereocenters. The van der Waals surface area contributed by atoms with E-state index in [1.807, 2.05) is 0 Å². The van der Waals surface area contributed by atoms with Crippen molar-refractivity contribution in [1.82, 2.24) is 9.97 Å². The first-order valence-corrected chi connectivity index (χ1v) is 4.10. The molecular formula is C8H12N4. The number of nitrogens with zero attached hydrogens (tertiary/aromatic N) is 2. The lowest BCUT2D eigenvalue weighted by atomic mass is 10.5. The van der Waals surface area contributed by atoms with Crippen LogP contribution < -0.4 is 11.1 Å². The van der Waals surface area contributed by atoms with Crippen molar-refractivity contribution in [2.45, 2.75) is 19.4 Å². The number of nitrogens with one attached hydrogen (secondary N) is 1. The van der Waals surface area contributed by atoms with Gasteiger partial charge in [0.2, 0.25) is 5.95 Å². The van der Waals surface area contributed by atoms with E-state index in [-0.39, 0.29) is 0 Å². The minimum atomic E-state index is 0.564. The molecule has 0 aromatic carbocycles. The third kappa shape index (κ3) is 1.47. The molecule has 3 N–H and O–H groups in total. The first-order chi connectivity index (χ1) is 5.75. The molecule has 2 rings (SSSR count). The van der Waals surface area contributed by atoms with Crippen molar-refractivity contribution >= 4 is 11.6 Å². The number of hydrogen-bond donors (Lipinski definition) is 2. The normalized spacial score (nSPS) is 26.8. The van der Waals surface area contributed by atoms with Crippen molar-refractivity contribution in [3.05, 3.63) is 12.4 Å². The Morgan fingerprint density at radius 1 is 1.50 bits per heavy atom. The van der Waals surface area contributed by atoms with E-state index in [9.17, 15) is 0 Å². The average Bonchev–Trinajstić information content (AvgIpc) is 2.72. The van der Waals surface area contributed by atoms with Gasteiger partial charge in [0.25, 0.3) is 0 Å². The van der Waals surface area contributed by atoms with Crippen molar-refractivity contribution in [2.75, 3.05) is 11.1 Å². The minimum absolute atomic E-state index is 0.564. The summed E-state index contributed by atoms with van der Waals surface area (Å²) in [5.74, 6) is 1.43. The van der Waals surface area contributed by atoms with E-state index >= 15 is 0 Å². The van der Waals surface area contributed by atoms with Gasteiger partial charge >= 0.3 is 0 Å². The second-order valence-electron chi connectivity index (χ2n) is 3.30. The summed E-state index contributed by atoms with van der Waals surface area (Å²) >= 11 is 0. The van der Waals surface area contributed by atoms with E-state index in [2.05, 4.69) is 22.2 Å². The summed E-state index contributed by atoms with van der Waals surface area (Å²) in [7, 11) is 0. The van der Waals surface area contributed by atoms with Gasteiger partial charge in [0.1, 0.15) is 0 Å². The molecule has 0 spiro atoms. The Kier molecular flexibility index (Phi) is 1.60. The number of aromatic nitrogens is 2. The highest BCUT2D eigenvalue weighted by molar-refractivity contribution is 5.37. The van der Waals surface area contributed by atoms with E-state index in [1.54, 1.807) is 12.4 Å². The third-order valence-corrected chi connectivity index (χ3v) is 2.10. The first kappa shape index (κ1) is 7.34. The van der Waals surface area contributed by atoms with E-state index < -0.39 is 0 Å². The van der Waals surface area contributed by atoms with Gasteiger partial charge in [-0.3, -0.25) is 0 Å². The molecule has 1 aliphatic rings. The maximum atomic E-state index is 5.45. The molecule has 0 bridgehead atoms. The van der Waals surface area contributed by atoms with Crippen LogP contribution in [0.4, 0.5) is 11.6 Å². The molecule has 0 saturated heterocycles. The van der Waals surface area contributed by atoms with E-state index in [1.165, 1.54) is 6.42 Å². The van der Waals surface area contributed by atoms with Crippen LogP contribution in [0.15, 0.2) is 12.4 Å². The number of anilines is 2. The van der Waals surface area contributed by atoms with E-state index in [0.717, 1.165) is 5.92 Å². The minimum Gasteiger partial charge on any atom is -0.396 e.